The smallest absolute Gasteiger partial charge is 0.269 e. The average molecular weight is 567 g/mol. The Kier molecular flexibility index (Phi) is 9.75. The van der Waals surface area contributed by atoms with Gasteiger partial charge in [0.1, 0.15) is 11.9 Å². The molecule has 5 aliphatic rings. The number of carbonyl (C=O) groups is 2. The lowest BCUT2D eigenvalue weighted by molar-refractivity contribution is -0.129. The van der Waals surface area contributed by atoms with E-state index in [1.165, 1.54) is 5.57 Å². The molecule has 0 saturated carbocycles. The lowest BCUT2D eigenvalue weighted by Crippen LogP contribution is -2.48. The van der Waals surface area contributed by atoms with Gasteiger partial charge in [0.25, 0.3) is 5.91 Å². The van der Waals surface area contributed by atoms with E-state index in [4.69, 9.17) is 9.73 Å². The number of fused-ring (bicyclic) bond motifs is 1. The van der Waals surface area contributed by atoms with Gasteiger partial charge in [-0.25, -0.2) is 0 Å². The highest BCUT2D eigenvalue weighted by Crippen LogP contribution is 2.30. The first kappa shape index (κ1) is 29.7. The van der Waals surface area contributed by atoms with E-state index in [9.17, 15) is 14.7 Å². The molecule has 2 unspecified atom stereocenters. The molecular formula is C31H46N6O4. The highest BCUT2D eigenvalue weighted by Gasteiger charge is 2.30. The first-order valence-corrected chi connectivity index (χ1v) is 15.1. The van der Waals surface area contributed by atoms with E-state index in [0.29, 0.717) is 31.9 Å². The maximum Gasteiger partial charge on any atom is 0.269 e. The fourth-order valence-electron chi connectivity index (χ4n) is 6.47. The fourth-order valence-corrected chi connectivity index (χ4v) is 6.47. The highest BCUT2D eigenvalue weighted by atomic mass is 16.5. The van der Waals surface area contributed by atoms with Gasteiger partial charge >= 0.3 is 0 Å². The number of nitrogens with one attached hydrogen (secondary N) is 2. The van der Waals surface area contributed by atoms with Crippen molar-refractivity contribution in [3.05, 3.63) is 47.7 Å². The maximum atomic E-state index is 13.3. The van der Waals surface area contributed by atoms with Crippen LogP contribution < -0.4 is 10.6 Å². The van der Waals surface area contributed by atoms with Gasteiger partial charge in [-0.05, 0) is 30.9 Å². The van der Waals surface area contributed by atoms with Crippen LogP contribution >= 0.6 is 0 Å². The van der Waals surface area contributed by atoms with Gasteiger partial charge in [-0.3, -0.25) is 24.4 Å². The van der Waals surface area contributed by atoms with Crippen LogP contribution in [0.3, 0.4) is 0 Å². The number of aliphatic hydroxyl groups is 1. The molecule has 4 heterocycles. The van der Waals surface area contributed by atoms with E-state index in [1.54, 1.807) is 6.92 Å². The molecule has 5 rings (SSSR count). The molecule has 0 radical (unpaired) electrons. The topological polar surface area (TPSA) is 110 Å². The number of morpholine rings is 1. The number of β-amino-alcohol motifs (C(OH)–C–C–N with tert-alkyl or cyclic N) is 1. The minimum absolute atomic E-state index is 0.0689. The van der Waals surface area contributed by atoms with Gasteiger partial charge in [0.05, 0.1) is 19.3 Å². The summed E-state index contributed by atoms with van der Waals surface area (Å²) in [6, 6.07) is 0.256. The van der Waals surface area contributed by atoms with Crippen molar-refractivity contribution >= 4 is 17.5 Å². The quantitative estimate of drug-likeness (QED) is 0.405. The molecule has 0 aromatic carbocycles. The minimum Gasteiger partial charge on any atom is -0.390 e. The molecule has 10 heteroatoms. The zero-order valence-electron chi connectivity index (χ0n) is 24.6. The first-order valence-electron chi connectivity index (χ1n) is 15.1. The number of allylic oxidation sites excluding steroid dienone is 3. The van der Waals surface area contributed by atoms with Gasteiger partial charge in [0.15, 0.2) is 0 Å². The Morgan fingerprint density at radius 3 is 2.71 bits per heavy atom. The zero-order valence-corrected chi connectivity index (χ0v) is 24.6. The predicted molar refractivity (Wildman–Crippen MR) is 159 cm³/mol. The Bertz CT molecular complexity index is 1120. The average Bonchev–Trinajstić information content (AvgIpc) is 3.25. The van der Waals surface area contributed by atoms with Crippen LogP contribution in [0.2, 0.25) is 0 Å². The summed E-state index contributed by atoms with van der Waals surface area (Å²) in [6.07, 6.45) is 15.4. The van der Waals surface area contributed by atoms with Crippen LogP contribution in [0.4, 0.5) is 0 Å². The number of piperidine rings is 1. The van der Waals surface area contributed by atoms with Crippen LogP contribution in [0, 0.1) is 5.41 Å². The van der Waals surface area contributed by atoms with Crippen molar-refractivity contribution in [2.45, 2.75) is 57.8 Å². The third-order valence-electron chi connectivity index (χ3n) is 8.69. The molecule has 4 aliphatic heterocycles. The number of likely N-dealkylation sites (tertiary alicyclic amines) is 1. The van der Waals surface area contributed by atoms with E-state index in [1.807, 2.05) is 11.0 Å². The second-order valence-electron chi connectivity index (χ2n) is 12.2. The third-order valence-corrected chi connectivity index (χ3v) is 8.69. The Hall–Kier alpha value is -2.79. The number of rotatable bonds is 8. The Balaban J connectivity index is 1.18. The molecule has 2 fully saturated rings. The van der Waals surface area contributed by atoms with E-state index < -0.39 is 6.10 Å². The number of carbonyl (C=O) groups excluding carboxylic acids is 2. The number of aliphatic imine (C=N–C) groups is 1. The predicted octanol–water partition coefficient (Wildman–Crippen LogP) is 1.22. The third kappa shape index (κ3) is 8.16. The molecule has 1 aliphatic carbocycles. The van der Waals surface area contributed by atoms with Crippen molar-refractivity contribution < 1.29 is 19.4 Å². The lowest BCUT2D eigenvalue weighted by atomic mass is 9.88. The second kappa shape index (κ2) is 13.5. The van der Waals surface area contributed by atoms with Crippen molar-refractivity contribution in [2.24, 2.45) is 10.4 Å². The molecule has 10 nitrogen and oxygen atoms in total. The van der Waals surface area contributed by atoms with Crippen LogP contribution in [0.5, 0.6) is 0 Å². The van der Waals surface area contributed by atoms with Crippen molar-refractivity contribution in [1.82, 2.24) is 25.3 Å². The molecule has 0 spiro atoms. The van der Waals surface area contributed by atoms with Crippen LogP contribution in [-0.2, 0) is 14.3 Å². The Morgan fingerprint density at radius 1 is 1.17 bits per heavy atom. The van der Waals surface area contributed by atoms with Gasteiger partial charge in [-0.2, -0.15) is 0 Å². The standard InChI is InChI=1S/C31H46N6O4/c1-23(38)36-11-7-25(8-12-36)33-26-17-28(34-29(18-26)37-13-15-41-16-14-37)30(40)32-20-27(39)21-35-10-6-24-5-3-4-9-31(2,19-24)22-35/h3-5,9,17,19,25,27,29,33,39H,6-8,10-16,18,20-22H2,1-2H3,(H,32,40)/t27-,29?,31?/m0/s1. The number of ether oxygens (including phenoxy) is 1. The van der Waals surface area contributed by atoms with E-state index in [-0.39, 0.29) is 36.0 Å². The van der Waals surface area contributed by atoms with Crippen LogP contribution in [0.25, 0.3) is 0 Å². The molecule has 2 amide bonds. The number of hydrogen-bond donors (Lipinski definition) is 3. The Labute approximate surface area is 243 Å². The van der Waals surface area contributed by atoms with Crippen LogP contribution in [-0.4, -0.2) is 121 Å². The summed E-state index contributed by atoms with van der Waals surface area (Å²) in [5.74, 6) is -0.143. The maximum absolute atomic E-state index is 13.3. The van der Waals surface area contributed by atoms with Gasteiger partial charge in [0.2, 0.25) is 5.91 Å². The van der Waals surface area contributed by atoms with Crippen LogP contribution in [0.15, 0.2) is 52.7 Å². The van der Waals surface area contributed by atoms with Crippen molar-refractivity contribution in [3.63, 3.8) is 0 Å². The summed E-state index contributed by atoms with van der Waals surface area (Å²) in [5.41, 5.74) is 2.65. The lowest BCUT2D eigenvalue weighted by Gasteiger charge is -2.37. The molecule has 3 atom stereocenters. The summed E-state index contributed by atoms with van der Waals surface area (Å²) >= 11 is 0. The summed E-state index contributed by atoms with van der Waals surface area (Å²) in [5, 5.41) is 17.5. The molecule has 224 valence electrons. The highest BCUT2D eigenvalue weighted by molar-refractivity contribution is 6.43. The molecular weight excluding hydrogens is 520 g/mol. The largest absolute Gasteiger partial charge is 0.390 e. The summed E-state index contributed by atoms with van der Waals surface area (Å²) in [4.78, 5) is 36.3. The number of dihydropyridines is 1. The molecule has 2 bridgehead atoms. The summed E-state index contributed by atoms with van der Waals surface area (Å²) in [7, 11) is 0. The normalized spacial score (nSPS) is 28.6. The number of hydrogen-bond acceptors (Lipinski definition) is 8. The Morgan fingerprint density at radius 2 is 1.95 bits per heavy atom. The summed E-state index contributed by atoms with van der Waals surface area (Å²) < 4.78 is 5.54. The fraction of sp³-hybridized carbons (Fsp3) is 0.645. The minimum atomic E-state index is -0.681. The van der Waals surface area contributed by atoms with Crippen molar-refractivity contribution in [3.8, 4) is 0 Å². The zero-order chi connectivity index (χ0) is 28.8. The monoisotopic (exact) mass is 566 g/mol. The number of amides is 2. The first-order chi connectivity index (χ1) is 19.8. The molecule has 3 N–H and O–H groups in total. The van der Waals surface area contributed by atoms with Crippen molar-refractivity contribution in [1.29, 1.82) is 0 Å². The van der Waals surface area contributed by atoms with Gasteiger partial charge in [-0.15, -0.1) is 0 Å². The second-order valence-corrected chi connectivity index (χ2v) is 12.2. The van der Waals surface area contributed by atoms with Gasteiger partial charge < -0.3 is 25.4 Å². The van der Waals surface area contributed by atoms with Gasteiger partial charge in [-0.1, -0.05) is 37.3 Å². The van der Waals surface area contributed by atoms with Crippen LogP contribution in [0.1, 0.15) is 39.5 Å². The van der Waals surface area contributed by atoms with E-state index in [0.717, 1.165) is 64.2 Å². The van der Waals surface area contributed by atoms with E-state index >= 15 is 0 Å². The molecule has 0 aromatic heterocycles. The van der Waals surface area contributed by atoms with E-state index in [2.05, 4.69) is 57.7 Å². The summed E-state index contributed by atoms with van der Waals surface area (Å²) in [6.45, 7) is 10.6. The van der Waals surface area contributed by atoms with Gasteiger partial charge in [0, 0.05) is 82.9 Å². The number of nitrogens with zero attached hydrogens (tertiary/aromatic N) is 4. The SMILES string of the molecule is CC(=O)N1CCC(NC2=CC(C(=O)NC[C@H](O)CN3CCC4=CC(C)(C=CC=C4)C3)=NC(N3CCOCC3)C2)CC1. The van der Waals surface area contributed by atoms with Crippen molar-refractivity contribution in [2.75, 3.05) is 65.6 Å². The molecule has 0 aromatic rings. The molecule has 41 heavy (non-hydrogen) atoms. The number of aliphatic hydroxyl groups excluding tert-OH is 1. The molecule has 2 saturated heterocycles.